The van der Waals surface area contributed by atoms with Gasteiger partial charge in [0.15, 0.2) is 0 Å². The van der Waals surface area contributed by atoms with Gasteiger partial charge in [0.05, 0.1) is 0 Å². The van der Waals surface area contributed by atoms with Gasteiger partial charge >= 0.3 is 0 Å². The Labute approximate surface area is 132 Å². The zero-order valence-electron chi connectivity index (χ0n) is 11.9. The normalized spacial score (nSPS) is 11.0. The van der Waals surface area contributed by atoms with Crippen molar-refractivity contribution in [2.45, 2.75) is 11.3 Å². The average molecular weight is 340 g/mol. The Morgan fingerprint density at radius 1 is 1.04 bits per heavy atom. The largest absolute Gasteiger partial charge is 0.385 e. The summed E-state index contributed by atoms with van der Waals surface area (Å²) in [5.74, 6) is -2.95. The van der Waals surface area contributed by atoms with Crippen LogP contribution >= 0.6 is 0 Å². The minimum atomic E-state index is -4.37. The van der Waals surface area contributed by atoms with Crippen LogP contribution in [0.25, 0.3) is 0 Å². The molecule has 0 bridgehead atoms. The Morgan fingerprint density at radius 2 is 1.74 bits per heavy atom. The predicted molar refractivity (Wildman–Crippen MR) is 81.2 cm³/mol. The van der Waals surface area contributed by atoms with Crippen LogP contribution in [0.3, 0.4) is 0 Å². The van der Waals surface area contributed by atoms with E-state index in [2.05, 4.69) is 5.32 Å². The van der Waals surface area contributed by atoms with Crippen LogP contribution in [0.5, 0.6) is 0 Å². The van der Waals surface area contributed by atoms with Crippen LogP contribution in [0.1, 0.15) is 6.42 Å². The number of para-hydroxylation sites is 1. The maximum atomic E-state index is 13.5. The second-order valence-corrected chi connectivity index (χ2v) is 6.30. The molecule has 0 aliphatic carbocycles. The molecule has 8 heteroatoms. The van der Waals surface area contributed by atoms with E-state index in [0.29, 0.717) is 6.07 Å². The molecular formula is C15H14F2N2O3S. The maximum absolute atomic E-state index is 13.5. The summed E-state index contributed by atoms with van der Waals surface area (Å²) in [6.07, 6.45) is -0.128. The molecule has 0 saturated carbocycles. The molecular weight excluding hydrogens is 326 g/mol. The summed E-state index contributed by atoms with van der Waals surface area (Å²) in [6.45, 7) is 0.206. The third-order valence-corrected chi connectivity index (χ3v) is 4.29. The van der Waals surface area contributed by atoms with Gasteiger partial charge in [0.25, 0.3) is 10.0 Å². The monoisotopic (exact) mass is 340 g/mol. The van der Waals surface area contributed by atoms with Crippen LogP contribution < -0.4 is 10.0 Å². The minimum absolute atomic E-state index is 0.128. The van der Waals surface area contributed by atoms with Gasteiger partial charge in [-0.25, -0.2) is 21.9 Å². The van der Waals surface area contributed by atoms with Gasteiger partial charge < -0.3 is 5.32 Å². The molecule has 0 unspecified atom stereocenters. The molecule has 2 aromatic rings. The van der Waals surface area contributed by atoms with Gasteiger partial charge in [-0.3, -0.25) is 4.79 Å². The number of halogens is 2. The summed E-state index contributed by atoms with van der Waals surface area (Å²) < 4.78 is 51.8. The second kappa shape index (κ2) is 7.19. The summed E-state index contributed by atoms with van der Waals surface area (Å²) in [4.78, 5) is 10.9. The Kier molecular flexibility index (Phi) is 5.28. The average Bonchev–Trinajstić information content (AvgIpc) is 2.47. The lowest BCUT2D eigenvalue weighted by Gasteiger charge is -2.09. The van der Waals surface area contributed by atoms with Crippen molar-refractivity contribution in [1.29, 1.82) is 0 Å². The molecule has 2 aromatic carbocycles. The van der Waals surface area contributed by atoms with Crippen LogP contribution in [-0.4, -0.2) is 20.9 Å². The quantitative estimate of drug-likeness (QED) is 0.846. The molecule has 5 nitrogen and oxygen atoms in total. The molecule has 0 atom stereocenters. The van der Waals surface area contributed by atoms with Gasteiger partial charge in [0.2, 0.25) is 5.91 Å². The van der Waals surface area contributed by atoms with Crippen molar-refractivity contribution in [3.63, 3.8) is 0 Å². The Hall–Kier alpha value is -2.48. The highest BCUT2D eigenvalue weighted by atomic mass is 32.2. The predicted octanol–water partition coefficient (Wildman–Crippen LogP) is 2.27. The molecule has 122 valence electrons. The van der Waals surface area contributed by atoms with Crippen LogP contribution in [0.15, 0.2) is 53.4 Å². The molecule has 1 amide bonds. The molecule has 0 aliphatic heterocycles. The molecule has 23 heavy (non-hydrogen) atoms. The van der Waals surface area contributed by atoms with Crippen molar-refractivity contribution in [2.75, 3.05) is 11.9 Å². The molecule has 0 aliphatic rings. The number of nitrogens with one attached hydrogen (secondary N) is 2. The minimum Gasteiger partial charge on any atom is -0.385 e. The summed E-state index contributed by atoms with van der Waals surface area (Å²) in [5.41, 5.74) is 0.785. The van der Waals surface area contributed by atoms with E-state index < -0.39 is 32.5 Å². The smallest absolute Gasteiger partial charge is 0.266 e. The number of anilines is 1. The first kappa shape index (κ1) is 16.9. The topological polar surface area (TPSA) is 75.3 Å². The lowest BCUT2D eigenvalue weighted by molar-refractivity contribution is -0.119. The first-order chi connectivity index (χ1) is 10.9. The molecule has 2 rings (SSSR count). The highest BCUT2D eigenvalue weighted by Crippen LogP contribution is 2.15. The lowest BCUT2D eigenvalue weighted by atomic mass is 10.3. The number of hydrogen-bond acceptors (Lipinski definition) is 4. The van der Waals surface area contributed by atoms with E-state index in [0.717, 1.165) is 17.8 Å². The van der Waals surface area contributed by atoms with Crippen LogP contribution in [0.4, 0.5) is 14.5 Å². The van der Waals surface area contributed by atoms with Crippen molar-refractivity contribution < 1.29 is 22.0 Å². The molecule has 0 spiro atoms. The third kappa shape index (κ3) is 4.75. The molecule has 0 fully saturated rings. The fourth-order valence-electron chi connectivity index (χ4n) is 1.83. The SMILES string of the molecule is O=C(CCNc1ccccc1)NS(=O)(=O)c1ccc(F)cc1F. The van der Waals surface area contributed by atoms with Gasteiger partial charge in [-0.15, -0.1) is 0 Å². The molecule has 0 aromatic heterocycles. The first-order valence-electron chi connectivity index (χ1n) is 6.68. The third-order valence-electron chi connectivity index (χ3n) is 2.89. The molecule has 2 N–H and O–H groups in total. The van der Waals surface area contributed by atoms with Gasteiger partial charge in [-0.2, -0.15) is 0 Å². The number of benzene rings is 2. The number of carbonyl (C=O) groups is 1. The van der Waals surface area contributed by atoms with Gasteiger partial charge in [0, 0.05) is 24.7 Å². The second-order valence-electron chi connectivity index (χ2n) is 4.65. The molecule has 0 heterocycles. The van der Waals surface area contributed by atoms with Gasteiger partial charge in [-0.05, 0) is 24.3 Å². The molecule has 0 radical (unpaired) electrons. The van der Waals surface area contributed by atoms with Crippen LogP contribution in [0, 0.1) is 11.6 Å². The van der Waals surface area contributed by atoms with Crippen LogP contribution in [0.2, 0.25) is 0 Å². The number of hydrogen-bond donors (Lipinski definition) is 2. The highest BCUT2D eigenvalue weighted by Gasteiger charge is 2.21. The van der Waals surface area contributed by atoms with E-state index in [-0.39, 0.29) is 13.0 Å². The fraction of sp³-hybridized carbons (Fsp3) is 0.133. The summed E-state index contributed by atoms with van der Waals surface area (Å²) in [6, 6.07) is 11.1. The highest BCUT2D eigenvalue weighted by molar-refractivity contribution is 7.90. The van der Waals surface area contributed by atoms with Crippen molar-refractivity contribution in [3.05, 3.63) is 60.2 Å². The number of amides is 1. The number of carbonyl (C=O) groups excluding carboxylic acids is 1. The van der Waals surface area contributed by atoms with Gasteiger partial charge in [0.1, 0.15) is 16.5 Å². The lowest BCUT2D eigenvalue weighted by Crippen LogP contribution is -2.32. The first-order valence-corrected chi connectivity index (χ1v) is 8.16. The summed E-state index contributed by atoms with van der Waals surface area (Å²) >= 11 is 0. The van der Waals surface area contributed by atoms with Crippen molar-refractivity contribution >= 4 is 21.6 Å². The van der Waals surface area contributed by atoms with Crippen molar-refractivity contribution in [1.82, 2.24) is 4.72 Å². The Morgan fingerprint density at radius 3 is 2.39 bits per heavy atom. The number of sulfonamides is 1. The summed E-state index contributed by atoms with van der Waals surface area (Å²) in [7, 11) is -4.37. The van der Waals surface area contributed by atoms with Crippen molar-refractivity contribution in [3.8, 4) is 0 Å². The van der Waals surface area contributed by atoms with Gasteiger partial charge in [-0.1, -0.05) is 18.2 Å². The Bertz CT molecular complexity index is 796. The van der Waals surface area contributed by atoms with E-state index in [1.54, 1.807) is 16.9 Å². The number of rotatable bonds is 6. The maximum Gasteiger partial charge on any atom is 0.266 e. The zero-order chi connectivity index (χ0) is 16.9. The fourth-order valence-corrected chi connectivity index (χ4v) is 2.90. The zero-order valence-corrected chi connectivity index (χ0v) is 12.7. The van der Waals surface area contributed by atoms with E-state index in [1.165, 1.54) is 0 Å². The summed E-state index contributed by atoms with van der Waals surface area (Å²) in [5, 5.41) is 2.94. The van der Waals surface area contributed by atoms with E-state index in [9.17, 15) is 22.0 Å². The van der Waals surface area contributed by atoms with E-state index in [1.807, 2.05) is 18.2 Å². The van der Waals surface area contributed by atoms with E-state index in [4.69, 9.17) is 0 Å². The van der Waals surface area contributed by atoms with Crippen LogP contribution in [-0.2, 0) is 14.8 Å². The standard InChI is InChI=1S/C15H14F2N2O3S/c16-11-6-7-14(13(17)10-11)23(21,22)19-15(20)8-9-18-12-4-2-1-3-5-12/h1-7,10,18H,8-9H2,(H,19,20). The van der Waals surface area contributed by atoms with Crippen molar-refractivity contribution in [2.24, 2.45) is 0 Å². The van der Waals surface area contributed by atoms with E-state index >= 15 is 0 Å². The Balaban J connectivity index is 1.93. The molecule has 0 saturated heterocycles.